The highest BCUT2D eigenvalue weighted by atomic mass is 16.5. The molecule has 3 atom stereocenters. The van der Waals surface area contributed by atoms with Crippen LogP contribution in [0.2, 0.25) is 0 Å². The van der Waals surface area contributed by atoms with Gasteiger partial charge in [-0.2, -0.15) is 4.98 Å². The lowest BCUT2D eigenvalue weighted by Gasteiger charge is -2.27. The van der Waals surface area contributed by atoms with Crippen molar-refractivity contribution in [3.63, 3.8) is 0 Å². The second kappa shape index (κ2) is 7.34. The van der Waals surface area contributed by atoms with E-state index in [-0.39, 0.29) is 6.10 Å². The number of piperidine rings is 1. The van der Waals surface area contributed by atoms with Gasteiger partial charge in [-0.05, 0) is 52.0 Å². The van der Waals surface area contributed by atoms with Crippen LogP contribution in [0, 0.1) is 5.92 Å². The molecule has 132 valence electrons. The van der Waals surface area contributed by atoms with Gasteiger partial charge in [-0.25, -0.2) is 9.50 Å². The topological polar surface area (TPSA) is 90.4 Å². The molecule has 1 saturated heterocycles. The first-order chi connectivity index (χ1) is 11.6. The molecule has 0 aliphatic carbocycles. The molecule has 0 bridgehead atoms. The largest absolute Gasteiger partial charge is 0.459 e. The summed E-state index contributed by atoms with van der Waals surface area (Å²) in [5, 5.41) is 8.02. The van der Waals surface area contributed by atoms with Crippen molar-refractivity contribution in [2.24, 2.45) is 5.92 Å². The maximum Gasteiger partial charge on any atom is 0.336 e. The van der Waals surface area contributed by atoms with Gasteiger partial charge in [0.2, 0.25) is 0 Å². The van der Waals surface area contributed by atoms with E-state index in [1.54, 1.807) is 0 Å². The smallest absolute Gasteiger partial charge is 0.336 e. The number of rotatable bonds is 6. The molecular weight excluding hydrogens is 304 g/mol. The Balaban J connectivity index is 1.82. The summed E-state index contributed by atoms with van der Waals surface area (Å²) in [4.78, 5) is 8.65. The average molecular weight is 332 g/mol. The van der Waals surface area contributed by atoms with Crippen LogP contribution in [0.25, 0.3) is 5.65 Å². The van der Waals surface area contributed by atoms with Crippen LogP contribution in [0.15, 0.2) is 6.20 Å². The monoisotopic (exact) mass is 332 g/mol. The van der Waals surface area contributed by atoms with Crippen molar-refractivity contribution in [1.29, 1.82) is 0 Å². The lowest BCUT2D eigenvalue weighted by atomic mass is 9.89. The van der Waals surface area contributed by atoms with Crippen LogP contribution in [0.4, 0.5) is 5.82 Å². The summed E-state index contributed by atoms with van der Waals surface area (Å²) >= 11 is 0. The van der Waals surface area contributed by atoms with Crippen molar-refractivity contribution in [2.45, 2.75) is 65.0 Å². The number of nitrogen functional groups attached to an aromatic ring is 1. The van der Waals surface area contributed by atoms with Crippen LogP contribution in [-0.4, -0.2) is 38.3 Å². The zero-order chi connectivity index (χ0) is 17.1. The SMILES string of the molecule is CCC[C@H](C)Oc1nc(N)c2ncc(C[C@@H]3CCN[C@H](C)C3)n2n1. The van der Waals surface area contributed by atoms with E-state index >= 15 is 0 Å². The van der Waals surface area contributed by atoms with Gasteiger partial charge >= 0.3 is 6.01 Å². The van der Waals surface area contributed by atoms with E-state index in [2.05, 4.69) is 34.2 Å². The quantitative estimate of drug-likeness (QED) is 0.843. The Morgan fingerprint density at radius 3 is 3.08 bits per heavy atom. The van der Waals surface area contributed by atoms with Crippen LogP contribution in [-0.2, 0) is 6.42 Å². The van der Waals surface area contributed by atoms with Crippen molar-refractivity contribution < 1.29 is 4.74 Å². The van der Waals surface area contributed by atoms with E-state index < -0.39 is 0 Å². The molecule has 0 unspecified atom stereocenters. The Morgan fingerprint density at radius 1 is 1.50 bits per heavy atom. The van der Waals surface area contributed by atoms with Gasteiger partial charge in [-0.3, -0.25) is 0 Å². The summed E-state index contributed by atoms with van der Waals surface area (Å²) in [5.74, 6) is 1.01. The predicted molar refractivity (Wildman–Crippen MR) is 94.1 cm³/mol. The molecular formula is C17H28N6O. The minimum atomic E-state index is 0.0732. The molecule has 3 rings (SSSR count). The number of aromatic nitrogens is 4. The second-order valence-electron chi connectivity index (χ2n) is 6.93. The number of fused-ring (bicyclic) bond motifs is 1. The third-order valence-corrected chi connectivity index (χ3v) is 4.67. The van der Waals surface area contributed by atoms with E-state index in [0.29, 0.717) is 29.4 Å². The molecule has 1 aliphatic heterocycles. The highest BCUT2D eigenvalue weighted by molar-refractivity contribution is 5.59. The van der Waals surface area contributed by atoms with Crippen LogP contribution in [0.1, 0.15) is 52.1 Å². The van der Waals surface area contributed by atoms with E-state index in [9.17, 15) is 0 Å². The molecule has 24 heavy (non-hydrogen) atoms. The second-order valence-corrected chi connectivity index (χ2v) is 6.93. The zero-order valence-electron chi connectivity index (χ0n) is 14.8. The fraction of sp³-hybridized carbons (Fsp3) is 0.706. The predicted octanol–water partition coefficient (Wildman–Crippen LogP) is 2.20. The number of nitrogens with one attached hydrogen (secondary N) is 1. The van der Waals surface area contributed by atoms with Crippen molar-refractivity contribution in [2.75, 3.05) is 12.3 Å². The molecule has 0 spiro atoms. The summed E-state index contributed by atoms with van der Waals surface area (Å²) in [6, 6.07) is 0.898. The first kappa shape index (κ1) is 17.0. The third-order valence-electron chi connectivity index (χ3n) is 4.67. The van der Waals surface area contributed by atoms with E-state index in [4.69, 9.17) is 10.5 Å². The van der Waals surface area contributed by atoms with Gasteiger partial charge in [0, 0.05) is 6.04 Å². The first-order valence-electron chi connectivity index (χ1n) is 8.97. The summed E-state index contributed by atoms with van der Waals surface area (Å²) in [7, 11) is 0. The molecule has 7 nitrogen and oxygen atoms in total. The molecule has 2 aromatic heterocycles. The summed E-state index contributed by atoms with van der Waals surface area (Å²) in [5.41, 5.74) is 7.74. The van der Waals surface area contributed by atoms with Gasteiger partial charge in [-0.1, -0.05) is 13.3 Å². The number of nitrogens with two attached hydrogens (primary N) is 1. The molecule has 3 N–H and O–H groups in total. The molecule has 0 amide bonds. The van der Waals surface area contributed by atoms with Gasteiger partial charge in [0.1, 0.15) is 0 Å². The molecule has 7 heteroatoms. The Kier molecular flexibility index (Phi) is 5.18. The first-order valence-corrected chi connectivity index (χ1v) is 8.97. The number of hydrogen-bond acceptors (Lipinski definition) is 6. The summed E-state index contributed by atoms with van der Waals surface area (Å²) < 4.78 is 7.62. The maximum absolute atomic E-state index is 6.05. The number of hydrogen-bond donors (Lipinski definition) is 2. The summed E-state index contributed by atoms with van der Waals surface area (Å²) in [6.45, 7) is 7.47. The van der Waals surface area contributed by atoms with Gasteiger partial charge in [0.15, 0.2) is 11.5 Å². The average Bonchev–Trinajstić information content (AvgIpc) is 2.91. The van der Waals surface area contributed by atoms with Gasteiger partial charge in [0.05, 0.1) is 18.0 Å². The highest BCUT2D eigenvalue weighted by Gasteiger charge is 2.21. The Labute approximate surface area is 143 Å². The normalized spacial score (nSPS) is 22.6. The molecule has 0 saturated carbocycles. The fourth-order valence-corrected chi connectivity index (χ4v) is 3.48. The number of nitrogens with zero attached hydrogens (tertiary/aromatic N) is 4. The van der Waals surface area contributed by atoms with Crippen LogP contribution >= 0.6 is 0 Å². The standard InChI is InChI=1S/C17H28N6O/c1-4-5-12(3)24-17-21-15(18)16-20-10-14(23(16)22-17)9-13-6-7-19-11(2)8-13/h10-13,19H,4-9H2,1-3H3,(H2,18,21,22)/t11-,12+,13-/m1/s1. The van der Waals surface area contributed by atoms with E-state index in [1.165, 1.54) is 12.8 Å². The fourth-order valence-electron chi connectivity index (χ4n) is 3.48. The zero-order valence-corrected chi connectivity index (χ0v) is 14.8. The molecule has 1 fully saturated rings. The van der Waals surface area contributed by atoms with Crippen LogP contribution < -0.4 is 15.8 Å². The van der Waals surface area contributed by atoms with Crippen molar-refractivity contribution in [1.82, 2.24) is 24.9 Å². The van der Waals surface area contributed by atoms with Crippen molar-refractivity contribution >= 4 is 11.5 Å². The number of ether oxygens (including phenoxy) is 1. The van der Waals surface area contributed by atoms with Crippen LogP contribution in [0.5, 0.6) is 6.01 Å². The van der Waals surface area contributed by atoms with Gasteiger partial charge in [0.25, 0.3) is 0 Å². The minimum Gasteiger partial charge on any atom is -0.459 e. The van der Waals surface area contributed by atoms with Gasteiger partial charge < -0.3 is 15.8 Å². The Bertz CT molecular complexity index is 685. The Hall–Kier alpha value is -1.89. The van der Waals surface area contributed by atoms with Crippen molar-refractivity contribution in [3.05, 3.63) is 11.9 Å². The number of anilines is 1. The Morgan fingerprint density at radius 2 is 2.33 bits per heavy atom. The van der Waals surface area contributed by atoms with Gasteiger partial charge in [-0.15, -0.1) is 5.10 Å². The lowest BCUT2D eigenvalue weighted by molar-refractivity contribution is 0.189. The molecule has 0 aromatic carbocycles. The van der Waals surface area contributed by atoms with E-state index in [0.717, 1.165) is 31.5 Å². The maximum atomic E-state index is 6.05. The van der Waals surface area contributed by atoms with Crippen molar-refractivity contribution in [3.8, 4) is 6.01 Å². The molecule has 1 aliphatic rings. The highest BCUT2D eigenvalue weighted by Crippen LogP contribution is 2.23. The molecule has 2 aromatic rings. The third kappa shape index (κ3) is 3.77. The summed E-state index contributed by atoms with van der Waals surface area (Å²) in [6.07, 6.45) is 7.26. The number of imidazole rings is 1. The lowest BCUT2D eigenvalue weighted by Crippen LogP contribution is -2.36. The minimum absolute atomic E-state index is 0.0732. The molecule has 3 heterocycles. The van der Waals surface area contributed by atoms with E-state index in [1.807, 2.05) is 17.6 Å². The molecule has 0 radical (unpaired) electrons. The van der Waals surface area contributed by atoms with Crippen LogP contribution in [0.3, 0.4) is 0 Å².